The predicted molar refractivity (Wildman–Crippen MR) is 89.6 cm³/mol. The van der Waals surface area contributed by atoms with Crippen LogP contribution in [0.4, 0.5) is 0 Å². The molecule has 2 rings (SSSR count). The zero-order valence-electron chi connectivity index (χ0n) is 13.1. The minimum Gasteiger partial charge on any atom is -0.313 e. The molecule has 0 bridgehead atoms. The average Bonchev–Trinajstić information content (AvgIpc) is 2.87. The zero-order chi connectivity index (χ0) is 14.8. The molecule has 1 heterocycles. The molecule has 0 aliphatic heterocycles. The third-order valence-electron chi connectivity index (χ3n) is 4.50. The number of hydrogen-bond donors (Lipinski definition) is 1. The van der Waals surface area contributed by atoms with Gasteiger partial charge in [0.05, 0.1) is 4.34 Å². The first-order valence-corrected chi connectivity index (χ1v) is 8.78. The summed E-state index contributed by atoms with van der Waals surface area (Å²) in [6.45, 7) is 10.3. The van der Waals surface area contributed by atoms with Crippen LogP contribution in [-0.2, 0) is 6.54 Å². The van der Waals surface area contributed by atoms with Crippen LogP contribution in [0.15, 0.2) is 12.1 Å². The number of nitrogens with zero attached hydrogens (tertiary/aromatic N) is 1. The van der Waals surface area contributed by atoms with Gasteiger partial charge in [0.1, 0.15) is 0 Å². The molecule has 2 unspecified atom stereocenters. The lowest BCUT2D eigenvalue weighted by Gasteiger charge is -2.33. The number of halogens is 1. The number of nitrogens with one attached hydrogen (secondary N) is 1. The Morgan fingerprint density at radius 2 is 2.20 bits per heavy atom. The van der Waals surface area contributed by atoms with Crippen LogP contribution < -0.4 is 5.32 Å². The van der Waals surface area contributed by atoms with Gasteiger partial charge >= 0.3 is 0 Å². The van der Waals surface area contributed by atoms with Crippen LogP contribution in [0.2, 0.25) is 4.34 Å². The third kappa shape index (κ3) is 3.97. The Labute approximate surface area is 132 Å². The molecule has 2 nitrogen and oxygen atoms in total. The van der Waals surface area contributed by atoms with Gasteiger partial charge < -0.3 is 10.2 Å². The lowest BCUT2D eigenvalue weighted by atomic mass is 9.84. The summed E-state index contributed by atoms with van der Waals surface area (Å²) in [5, 5.41) is 3.71. The maximum atomic E-state index is 6.01. The van der Waals surface area contributed by atoms with Crippen molar-refractivity contribution in [1.29, 1.82) is 0 Å². The summed E-state index contributed by atoms with van der Waals surface area (Å²) in [6.07, 6.45) is 2.66. The number of hydrogen-bond acceptors (Lipinski definition) is 3. The van der Waals surface area contributed by atoms with E-state index in [2.05, 4.69) is 44.1 Å². The minimum absolute atomic E-state index is 0.424. The quantitative estimate of drug-likeness (QED) is 0.844. The lowest BCUT2D eigenvalue weighted by molar-refractivity contribution is 0.202. The molecule has 1 aliphatic carbocycles. The largest absolute Gasteiger partial charge is 0.313 e. The first-order chi connectivity index (χ1) is 9.42. The van der Waals surface area contributed by atoms with Gasteiger partial charge in [0.2, 0.25) is 0 Å². The van der Waals surface area contributed by atoms with Crippen molar-refractivity contribution in [3.8, 4) is 0 Å². The summed E-state index contributed by atoms with van der Waals surface area (Å²) >= 11 is 7.70. The summed E-state index contributed by atoms with van der Waals surface area (Å²) in [5.41, 5.74) is 0.424. The van der Waals surface area contributed by atoms with Crippen LogP contribution >= 0.6 is 22.9 Å². The molecular formula is C16H27ClN2S. The smallest absolute Gasteiger partial charge is 0.0931 e. The van der Waals surface area contributed by atoms with E-state index in [9.17, 15) is 0 Å². The van der Waals surface area contributed by atoms with Crippen LogP contribution in [0.1, 0.15) is 38.5 Å². The zero-order valence-corrected chi connectivity index (χ0v) is 14.7. The highest BCUT2D eigenvalue weighted by atomic mass is 35.5. The minimum atomic E-state index is 0.424. The molecule has 20 heavy (non-hydrogen) atoms. The molecule has 4 heteroatoms. The highest BCUT2D eigenvalue weighted by Gasteiger charge is 2.41. The average molecular weight is 315 g/mol. The van der Waals surface area contributed by atoms with Crippen molar-refractivity contribution in [3.05, 3.63) is 21.3 Å². The highest BCUT2D eigenvalue weighted by Crippen LogP contribution is 2.41. The second-order valence-electron chi connectivity index (χ2n) is 6.73. The molecular weight excluding hydrogens is 288 g/mol. The van der Waals surface area contributed by atoms with Crippen LogP contribution in [0.25, 0.3) is 0 Å². The molecule has 0 aromatic carbocycles. The van der Waals surface area contributed by atoms with Crippen LogP contribution in [0.5, 0.6) is 0 Å². The first kappa shape index (κ1) is 16.3. The SMILES string of the molecule is CCNC1C(CN(C)Cc2ccc(Cl)s2)CCC1(C)C. The van der Waals surface area contributed by atoms with Gasteiger partial charge in [-0.2, -0.15) is 0 Å². The summed E-state index contributed by atoms with van der Waals surface area (Å²) in [6, 6.07) is 4.78. The van der Waals surface area contributed by atoms with Crippen LogP contribution in [-0.4, -0.2) is 31.1 Å². The Morgan fingerprint density at radius 3 is 2.80 bits per heavy atom. The summed E-state index contributed by atoms with van der Waals surface area (Å²) in [7, 11) is 2.22. The Balaban J connectivity index is 1.91. The van der Waals surface area contributed by atoms with Gasteiger partial charge in [-0.05, 0) is 49.9 Å². The molecule has 1 aromatic rings. The third-order valence-corrected chi connectivity index (χ3v) is 5.71. The van der Waals surface area contributed by atoms with E-state index in [1.807, 2.05) is 6.07 Å². The molecule has 114 valence electrons. The Kier molecular flexibility index (Phi) is 5.52. The van der Waals surface area contributed by atoms with E-state index in [4.69, 9.17) is 11.6 Å². The lowest BCUT2D eigenvalue weighted by Crippen LogP contribution is -2.45. The molecule has 0 radical (unpaired) electrons. The van der Waals surface area contributed by atoms with E-state index in [0.717, 1.165) is 29.9 Å². The van der Waals surface area contributed by atoms with Gasteiger partial charge in [-0.15, -0.1) is 11.3 Å². The van der Waals surface area contributed by atoms with Crippen molar-refractivity contribution in [2.75, 3.05) is 20.1 Å². The predicted octanol–water partition coefficient (Wildman–Crippen LogP) is 4.25. The Hall–Kier alpha value is -0.0900. The second kappa shape index (κ2) is 6.78. The Morgan fingerprint density at radius 1 is 1.45 bits per heavy atom. The van der Waals surface area contributed by atoms with Crippen molar-refractivity contribution in [3.63, 3.8) is 0 Å². The van der Waals surface area contributed by atoms with Crippen LogP contribution in [0.3, 0.4) is 0 Å². The van der Waals surface area contributed by atoms with E-state index in [0.29, 0.717) is 11.5 Å². The van der Waals surface area contributed by atoms with Crippen LogP contribution in [0, 0.1) is 11.3 Å². The van der Waals surface area contributed by atoms with E-state index in [1.165, 1.54) is 17.7 Å². The standard InChI is InChI=1S/C16H27ClN2S/c1-5-18-15-12(8-9-16(15,2)3)10-19(4)11-13-6-7-14(17)20-13/h6-7,12,15,18H,5,8-11H2,1-4H3. The summed E-state index contributed by atoms with van der Waals surface area (Å²) in [4.78, 5) is 3.80. The fraction of sp³-hybridized carbons (Fsp3) is 0.750. The summed E-state index contributed by atoms with van der Waals surface area (Å²) in [5.74, 6) is 0.755. The molecule has 1 fully saturated rings. The van der Waals surface area contributed by atoms with Crippen molar-refractivity contribution in [1.82, 2.24) is 10.2 Å². The molecule has 2 atom stereocenters. The van der Waals surface area contributed by atoms with Crippen molar-refractivity contribution >= 4 is 22.9 Å². The van der Waals surface area contributed by atoms with E-state index >= 15 is 0 Å². The van der Waals surface area contributed by atoms with E-state index in [1.54, 1.807) is 11.3 Å². The van der Waals surface area contributed by atoms with Gasteiger partial charge in [-0.25, -0.2) is 0 Å². The van der Waals surface area contributed by atoms with Crippen molar-refractivity contribution < 1.29 is 0 Å². The maximum Gasteiger partial charge on any atom is 0.0931 e. The number of rotatable bonds is 6. The monoisotopic (exact) mass is 314 g/mol. The first-order valence-electron chi connectivity index (χ1n) is 7.58. The van der Waals surface area contributed by atoms with Gasteiger partial charge in [0, 0.05) is 24.0 Å². The second-order valence-corrected chi connectivity index (χ2v) is 8.52. The molecule has 0 saturated heterocycles. The molecule has 1 aliphatic rings. The fourth-order valence-electron chi connectivity index (χ4n) is 3.54. The normalized spacial score (nSPS) is 25.5. The van der Waals surface area contributed by atoms with Gasteiger partial charge in [0.25, 0.3) is 0 Å². The topological polar surface area (TPSA) is 15.3 Å². The molecule has 1 N–H and O–H groups in total. The molecule has 1 aromatic heterocycles. The number of thiophene rings is 1. The van der Waals surface area contributed by atoms with Crippen molar-refractivity contribution in [2.24, 2.45) is 11.3 Å². The Bertz CT molecular complexity index is 430. The molecule has 0 amide bonds. The molecule has 0 spiro atoms. The van der Waals surface area contributed by atoms with E-state index in [-0.39, 0.29) is 0 Å². The van der Waals surface area contributed by atoms with Crippen molar-refractivity contribution in [2.45, 2.75) is 46.2 Å². The van der Waals surface area contributed by atoms with Gasteiger partial charge in [-0.3, -0.25) is 0 Å². The maximum absolute atomic E-state index is 6.01. The summed E-state index contributed by atoms with van der Waals surface area (Å²) < 4.78 is 0.890. The highest BCUT2D eigenvalue weighted by molar-refractivity contribution is 7.16. The van der Waals surface area contributed by atoms with Gasteiger partial charge in [0.15, 0.2) is 0 Å². The molecule has 1 saturated carbocycles. The van der Waals surface area contributed by atoms with Gasteiger partial charge in [-0.1, -0.05) is 32.4 Å². The fourth-order valence-corrected chi connectivity index (χ4v) is 4.71. The van der Waals surface area contributed by atoms with E-state index < -0.39 is 0 Å².